The molecule has 204 valence electrons. The number of ketones is 2. The number of nitrogens with two attached hydrogens (primary N) is 1. The molecule has 3 aliphatic carbocycles. The average Bonchev–Trinajstić information content (AvgIpc) is 2.84. The number of anilines is 1. The largest absolute Gasteiger partial charge is 0.507 e. The summed E-state index contributed by atoms with van der Waals surface area (Å²) in [5.74, 6) is -3.69. The second kappa shape index (κ2) is 9.54. The van der Waals surface area contributed by atoms with E-state index in [1.54, 1.807) is 6.08 Å². The Morgan fingerprint density at radius 1 is 1.05 bits per heavy atom. The fraction of sp³-hybridized carbons (Fsp3) is 0.552. The van der Waals surface area contributed by atoms with E-state index in [2.05, 4.69) is 11.9 Å². The minimum absolute atomic E-state index is 0.0254. The summed E-state index contributed by atoms with van der Waals surface area (Å²) in [6.45, 7) is 1.83. The number of nitrogens with zero attached hydrogens (tertiary/aromatic N) is 3. The number of hydrogen-bond donors (Lipinski definition) is 3. The number of primary amides is 1. The summed E-state index contributed by atoms with van der Waals surface area (Å²) in [5, 5.41) is 23.2. The zero-order valence-electron chi connectivity index (χ0n) is 22.8. The van der Waals surface area contributed by atoms with Crippen LogP contribution in [0, 0.1) is 17.8 Å². The van der Waals surface area contributed by atoms with Crippen LogP contribution in [0.25, 0.3) is 5.76 Å². The van der Waals surface area contributed by atoms with Gasteiger partial charge in [0.05, 0.1) is 17.1 Å². The van der Waals surface area contributed by atoms with Crippen molar-refractivity contribution in [2.24, 2.45) is 23.5 Å². The molecule has 9 heteroatoms. The van der Waals surface area contributed by atoms with Gasteiger partial charge in [-0.15, -0.1) is 0 Å². The molecule has 4 N–H and O–H groups in total. The molecular weight excluding hydrogens is 484 g/mol. The van der Waals surface area contributed by atoms with Gasteiger partial charge in [-0.1, -0.05) is 6.08 Å². The Morgan fingerprint density at radius 2 is 1.71 bits per heavy atom. The van der Waals surface area contributed by atoms with Crippen LogP contribution in [-0.4, -0.2) is 91.9 Å². The summed E-state index contributed by atoms with van der Waals surface area (Å²) >= 11 is 0. The lowest BCUT2D eigenvalue weighted by molar-refractivity contribution is -0.135. The number of hydrogen-bond acceptors (Lipinski definition) is 8. The van der Waals surface area contributed by atoms with Gasteiger partial charge in [0, 0.05) is 31.4 Å². The molecule has 38 heavy (non-hydrogen) atoms. The maximum Gasteiger partial charge on any atom is 0.252 e. The molecule has 1 heterocycles. The highest BCUT2D eigenvalue weighted by molar-refractivity contribution is 6.28. The Kier molecular flexibility index (Phi) is 6.64. The first kappa shape index (κ1) is 26.4. The molecular formula is C29H38N4O5. The summed E-state index contributed by atoms with van der Waals surface area (Å²) in [5.41, 5.74) is 8.38. The smallest absolute Gasteiger partial charge is 0.252 e. The minimum Gasteiger partial charge on any atom is -0.507 e. The standard InChI is InChI=1S/C29H38N4O5/c1-31(2)20-12-16(14-6-8-33(5)9-7-14)25(34)23-17(20)10-15-11-18-21(32(3)4)13-19(29(30)38)26(35)24(18)28(37)22(15)27(23)36/h12-15,18,21,24,34,36H,6-11H2,1-5H3,(H2,30,38)/t15-,18-,21+,24+/m0/s1. The molecule has 1 amide bonds. The van der Waals surface area contributed by atoms with Gasteiger partial charge >= 0.3 is 0 Å². The van der Waals surface area contributed by atoms with Crippen LogP contribution in [-0.2, 0) is 20.8 Å². The van der Waals surface area contributed by atoms with Crippen LogP contribution in [0.2, 0.25) is 0 Å². The molecule has 0 spiro atoms. The predicted molar refractivity (Wildman–Crippen MR) is 145 cm³/mol. The van der Waals surface area contributed by atoms with Crippen molar-refractivity contribution in [1.29, 1.82) is 0 Å². The van der Waals surface area contributed by atoms with E-state index in [0.717, 1.165) is 42.7 Å². The summed E-state index contributed by atoms with van der Waals surface area (Å²) in [6, 6.07) is 1.73. The molecule has 1 saturated carbocycles. The maximum atomic E-state index is 14.0. The van der Waals surface area contributed by atoms with Crippen molar-refractivity contribution in [3.8, 4) is 5.75 Å². The summed E-state index contributed by atoms with van der Waals surface area (Å²) in [6.07, 6.45) is 4.34. The Morgan fingerprint density at radius 3 is 2.29 bits per heavy atom. The van der Waals surface area contributed by atoms with E-state index in [1.807, 2.05) is 44.1 Å². The highest BCUT2D eigenvalue weighted by Gasteiger charge is 2.53. The Balaban J connectivity index is 1.65. The lowest BCUT2D eigenvalue weighted by Crippen LogP contribution is -2.53. The van der Waals surface area contributed by atoms with Gasteiger partial charge < -0.3 is 30.6 Å². The quantitative estimate of drug-likeness (QED) is 0.404. The fourth-order valence-electron chi connectivity index (χ4n) is 7.16. The van der Waals surface area contributed by atoms with Crippen LogP contribution < -0.4 is 10.6 Å². The number of amides is 1. The van der Waals surface area contributed by atoms with Crippen molar-refractivity contribution in [2.75, 3.05) is 53.2 Å². The van der Waals surface area contributed by atoms with Gasteiger partial charge in [-0.25, -0.2) is 0 Å². The molecule has 2 fully saturated rings. The van der Waals surface area contributed by atoms with Gasteiger partial charge in [-0.05, 0) is 94.9 Å². The lowest BCUT2D eigenvalue weighted by Gasteiger charge is -2.45. The first-order valence-corrected chi connectivity index (χ1v) is 13.4. The number of fused-ring (bicyclic) bond motifs is 3. The first-order valence-electron chi connectivity index (χ1n) is 13.4. The SMILES string of the molecule is CN1CCC(c2cc(N(C)C)c3c(c2O)C(O)=C2C(=O)[C@H]4C(=O)C(C(N)=O)=C[C@@H](N(C)C)[C@@H]4C[C@@H]2C3)CC1. The van der Waals surface area contributed by atoms with Crippen molar-refractivity contribution in [2.45, 2.75) is 37.6 Å². The topological polar surface area (TPSA) is 127 Å². The van der Waals surface area contributed by atoms with Gasteiger partial charge in [-0.2, -0.15) is 0 Å². The van der Waals surface area contributed by atoms with Crippen LogP contribution in [0.3, 0.4) is 0 Å². The van der Waals surface area contributed by atoms with E-state index in [1.165, 1.54) is 0 Å². The average molecular weight is 523 g/mol. The van der Waals surface area contributed by atoms with Gasteiger partial charge in [0.2, 0.25) is 0 Å². The lowest BCUT2D eigenvalue weighted by atomic mass is 9.59. The summed E-state index contributed by atoms with van der Waals surface area (Å²) in [4.78, 5) is 45.5. The highest BCUT2D eigenvalue weighted by atomic mass is 16.3. The van der Waals surface area contributed by atoms with Gasteiger partial charge in [0.25, 0.3) is 5.91 Å². The Bertz CT molecular complexity index is 1270. The number of aliphatic hydroxyl groups is 1. The van der Waals surface area contributed by atoms with Crippen LogP contribution in [0.1, 0.15) is 41.9 Å². The predicted octanol–water partition coefficient (Wildman–Crippen LogP) is 1.84. The number of phenolic OH excluding ortho intramolecular Hbond substituents is 1. The normalized spacial score (nSPS) is 28.1. The van der Waals surface area contributed by atoms with Crippen molar-refractivity contribution >= 4 is 28.9 Å². The molecule has 4 atom stereocenters. The minimum atomic E-state index is -1.09. The van der Waals surface area contributed by atoms with E-state index in [-0.39, 0.29) is 46.5 Å². The fourth-order valence-corrected chi connectivity index (χ4v) is 7.16. The second-order valence-corrected chi connectivity index (χ2v) is 11.8. The number of carbonyl (C=O) groups excluding carboxylic acids is 3. The Hall–Kier alpha value is -3.17. The van der Waals surface area contributed by atoms with E-state index >= 15 is 0 Å². The summed E-state index contributed by atoms with van der Waals surface area (Å²) in [7, 11) is 9.67. The third-order valence-electron chi connectivity index (χ3n) is 9.12. The molecule has 5 rings (SSSR count). The molecule has 0 bridgehead atoms. The Labute approximate surface area is 223 Å². The molecule has 4 aliphatic rings. The number of allylic oxidation sites excluding steroid dienone is 1. The number of rotatable bonds is 4. The number of phenols is 1. The number of carbonyl (C=O) groups is 3. The zero-order valence-corrected chi connectivity index (χ0v) is 22.8. The summed E-state index contributed by atoms with van der Waals surface area (Å²) < 4.78 is 0. The number of aliphatic hydroxyl groups excluding tert-OH is 1. The number of benzene rings is 1. The third kappa shape index (κ3) is 4.03. The van der Waals surface area contributed by atoms with Crippen molar-refractivity contribution in [1.82, 2.24) is 9.80 Å². The maximum absolute atomic E-state index is 14.0. The van der Waals surface area contributed by atoms with Gasteiger partial charge in [-0.3, -0.25) is 14.4 Å². The van der Waals surface area contributed by atoms with Crippen LogP contribution in [0.15, 0.2) is 23.3 Å². The zero-order chi connectivity index (χ0) is 27.6. The molecule has 1 saturated heterocycles. The highest BCUT2D eigenvalue weighted by Crippen LogP contribution is 2.52. The van der Waals surface area contributed by atoms with E-state index < -0.39 is 23.4 Å². The van der Waals surface area contributed by atoms with Crippen molar-refractivity contribution < 1.29 is 24.6 Å². The molecule has 1 aliphatic heterocycles. The first-order chi connectivity index (χ1) is 17.9. The number of likely N-dealkylation sites (tertiary alicyclic amines) is 1. The van der Waals surface area contributed by atoms with Crippen molar-refractivity contribution in [3.63, 3.8) is 0 Å². The van der Waals surface area contributed by atoms with E-state index in [0.29, 0.717) is 18.4 Å². The van der Waals surface area contributed by atoms with Crippen LogP contribution >= 0.6 is 0 Å². The molecule has 0 aromatic heterocycles. The van der Waals surface area contributed by atoms with E-state index in [4.69, 9.17) is 5.73 Å². The second-order valence-electron chi connectivity index (χ2n) is 11.8. The number of Topliss-reactive ketones (excluding diaryl/α,β-unsaturated/α-hetero) is 2. The van der Waals surface area contributed by atoms with Crippen LogP contribution in [0.4, 0.5) is 5.69 Å². The molecule has 9 nitrogen and oxygen atoms in total. The molecule has 0 radical (unpaired) electrons. The molecule has 0 unspecified atom stereocenters. The van der Waals surface area contributed by atoms with Crippen molar-refractivity contribution in [3.05, 3.63) is 40.0 Å². The monoisotopic (exact) mass is 522 g/mol. The number of likely N-dealkylation sites (N-methyl/N-ethyl adjacent to an activating group) is 1. The van der Waals surface area contributed by atoms with Gasteiger partial charge in [0.15, 0.2) is 11.6 Å². The van der Waals surface area contributed by atoms with E-state index in [9.17, 15) is 24.6 Å². The number of piperidine rings is 1. The van der Waals surface area contributed by atoms with Gasteiger partial charge in [0.1, 0.15) is 11.5 Å². The molecule has 1 aromatic rings. The molecule has 1 aromatic carbocycles. The van der Waals surface area contributed by atoms with Crippen LogP contribution in [0.5, 0.6) is 5.75 Å². The third-order valence-corrected chi connectivity index (χ3v) is 9.12. The number of aromatic hydroxyl groups is 1.